The first kappa shape index (κ1) is 15.8. The largest absolute Gasteiger partial charge is 0.480 e. The summed E-state index contributed by atoms with van der Waals surface area (Å²) in [5.74, 6) is -0.611. The zero-order chi connectivity index (χ0) is 15.1. The maximum atomic E-state index is 11.8. The molecular weight excluding hydrogens is 260 g/mol. The van der Waals surface area contributed by atoms with Crippen molar-refractivity contribution in [2.24, 2.45) is 0 Å². The van der Waals surface area contributed by atoms with Crippen LogP contribution in [-0.4, -0.2) is 31.6 Å². The van der Waals surface area contributed by atoms with Crippen LogP contribution in [0.3, 0.4) is 0 Å². The number of ether oxygens (including phenoxy) is 2. The van der Waals surface area contributed by atoms with Crippen LogP contribution in [0.2, 0.25) is 0 Å². The molecule has 6 heteroatoms. The van der Waals surface area contributed by atoms with E-state index >= 15 is 0 Å². The van der Waals surface area contributed by atoms with Crippen LogP contribution in [0.15, 0.2) is 18.2 Å². The number of anilines is 1. The molecule has 1 aromatic carbocycles. The summed E-state index contributed by atoms with van der Waals surface area (Å²) in [6.45, 7) is 4.14. The Morgan fingerprint density at radius 1 is 1.40 bits per heavy atom. The first-order chi connectivity index (χ1) is 9.51. The highest BCUT2D eigenvalue weighted by Gasteiger charge is 2.21. The number of amides is 1. The first-order valence-corrected chi connectivity index (χ1v) is 6.42. The van der Waals surface area contributed by atoms with Crippen LogP contribution < -0.4 is 15.8 Å². The van der Waals surface area contributed by atoms with Crippen LogP contribution in [0.25, 0.3) is 0 Å². The number of nitrogens with two attached hydrogens (primary N) is 1. The van der Waals surface area contributed by atoms with Crippen LogP contribution >= 0.6 is 0 Å². The number of nitrogens with one attached hydrogen (secondary N) is 1. The van der Waals surface area contributed by atoms with Crippen molar-refractivity contribution in [2.45, 2.75) is 26.4 Å². The van der Waals surface area contributed by atoms with Gasteiger partial charge in [-0.25, -0.2) is 4.79 Å². The van der Waals surface area contributed by atoms with Gasteiger partial charge in [-0.2, -0.15) is 0 Å². The van der Waals surface area contributed by atoms with Crippen molar-refractivity contribution in [2.75, 3.05) is 19.4 Å². The van der Waals surface area contributed by atoms with Gasteiger partial charge in [-0.05, 0) is 25.5 Å². The van der Waals surface area contributed by atoms with E-state index in [-0.39, 0.29) is 22.9 Å². The lowest BCUT2D eigenvalue weighted by Crippen LogP contribution is -2.37. The van der Waals surface area contributed by atoms with Crippen LogP contribution in [0.4, 0.5) is 5.69 Å². The number of hydrogen-bond acceptors (Lipinski definition) is 5. The monoisotopic (exact) mass is 280 g/mol. The maximum Gasteiger partial charge on any atom is 0.343 e. The number of rotatable bonds is 6. The van der Waals surface area contributed by atoms with E-state index in [1.165, 1.54) is 7.11 Å². The van der Waals surface area contributed by atoms with Gasteiger partial charge in [-0.3, -0.25) is 4.79 Å². The van der Waals surface area contributed by atoms with Crippen molar-refractivity contribution in [1.29, 1.82) is 0 Å². The van der Waals surface area contributed by atoms with Gasteiger partial charge in [0.2, 0.25) is 0 Å². The van der Waals surface area contributed by atoms with Gasteiger partial charge in [0.15, 0.2) is 6.10 Å². The molecule has 110 valence electrons. The second kappa shape index (κ2) is 7.37. The molecule has 0 saturated carbocycles. The molecule has 0 fully saturated rings. The highest BCUT2D eigenvalue weighted by atomic mass is 16.5. The van der Waals surface area contributed by atoms with E-state index in [1.807, 2.05) is 6.92 Å². The predicted molar refractivity (Wildman–Crippen MR) is 75.6 cm³/mol. The highest BCUT2D eigenvalue weighted by molar-refractivity contribution is 5.98. The average Bonchev–Trinajstić information content (AvgIpc) is 2.44. The minimum absolute atomic E-state index is 0.130. The fourth-order valence-corrected chi connectivity index (χ4v) is 1.60. The van der Waals surface area contributed by atoms with E-state index in [0.29, 0.717) is 6.54 Å². The molecule has 6 nitrogen and oxygen atoms in total. The molecule has 0 heterocycles. The molecule has 1 atom stereocenters. The maximum absolute atomic E-state index is 11.8. The second-order valence-corrected chi connectivity index (χ2v) is 4.26. The molecule has 1 aromatic rings. The first-order valence-electron chi connectivity index (χ1n) is 6.42. The molecule has 0 bridgehead atoms. The Morgan fingerprint density at radius 2 is 2.10 bits per heavy atom. The van der Waals surface area contributed by atoms with Gasteiger partial charge in [0.1, 0.15) is 11.3 Å². The molecule has 0 aliphatic rings. The van der Waals surface area contributed by atoms with Crippen molar-refractivity contribution in [3.05, 3.63) is 23.8 Å². The van der Waals surface area contributed by atoms with Gasteiger partial charge in [0.05, 0.1) is 7.11 Å². The standard InChI is InChI=1S/C14H20N2O4/c1-4-8-16-13(17)9(2)20-11-7-5-6-10(15)12(11)14(18)19-3/h5-7,9H,4,8,15H2,1-3H3,(H,16,17). The zero-order valence-electron chi connectivity index (χ0n) is 11.9. The van der Waals surface area contributed by atoms with Gasteiger partial charge >= 0.3 is 5.97 Å². The lowest BCUT2D eigenvalue weighted by molar-refractivity contribution is -0.127. The minimum Gasteiger partial charge on any atom is -0.480 e. The third-order valence-corrected chi connectivity index (χ3v) is 2.67. The summed E-state index contributed by atoms with van der Waals surface area (Å²) in [7, 11) is 1.26. The minimum atomic E-state index is -0.730. The Labute approximate surface area is 118 Å². The van der Waals surface area contributed by atoms with Crippen molar-refractivity contribution in [3.63, 3.8) is 0 Å². The van der Waals surface area contributed by atoms with Crippen LogP contribution in [0, 0.1) is 0 Å². The normalized spacial score (nSPS) is 11.6. The molecule has 0 radical (unpaired) electrons. The number of hydrogen-bond donors (Lipinski definition) is 2. The summed E-state index contributed by atoms with van der Waals surface area (Å²) >= 11 is 0. The Hall–Kier alpha value is -2.24. The zero-order valence-corrected chi connectivity index (χ0v) is 11.9. The molecule has 0 aliphatic heterocycles. The Morgan fingerprint density at radius 3 is 2.70 bits per heavy atom. The molecule has 0 aliphatic carbocycles. The summed E-state index contributed by atoms with van der Waals surface area (Å²) in [5.41, 5.74) is 6.12. The molecule has 3 N–H and O–H groups in total. The van der Waals surface area contributed by atoms with Crippen molar-refractivity contribution in [3.8, 4) is 5.75 Å². The molecule has 1 amide bonds. The van der Waals surface area contributed by atoms with E-state index in [4.69, 9.17) is 10.5 Å². The van der Waals surface area contributed by atoms with Gasteiger partial charge < -0.3 is 20.5 Å². The fraction of sp³-hybridized carbons (Fsp3) is 0.429. The van der Waals surface area contributed by atoms with Crippen molar-refractivity contribution >= 4 is 17.6 Å². The number of benzene rings is 1. The molecule has 20 heavy (non-hydrogen) atoms. The van der Waals surface area contributed by atoms with E-state index in [1.54, 1.807) is 25.1 Å². The molecule has 0 aromatic heterocycles. The van der Waals surface area contributed by atoms with Gasteiger partial charge in [-0.1, -0.05) is 13.0 Å². The van der Waals surface area contributed by atoms with Gasteiger partial charge in [0.25, 0.3) is 5.91 Å². The fourth-order valence-electron chi connectivity index (χ4n) is 1.60. The molecule has 1 rings (SSSR count). The highest BCUT2D eigenvalue weighted by Crippen LogP contribution is 2.26. The van der Waals surface area contributed by atoms with Crippen molar-refractivity contribution < 1.29 is 19.1 Å². The third kappa shape index (κ3) is 3.88. The summed E-state index contributed by atoms with van der Waals surface area (Å²) in [6.07, 6.45) is 0.108. The number of carbonyl (C=O) groups is 2. The Bertz CT molecular complexity index is 488. The van der Waals surface area contributed by atoms with Gasteiger partial charge in [-0.15, -0.1) is 0 Å². The summed E-state index contributed by atoms with van der Waals surface area (Å²) in [5, 5.41) is 2.72. The number of carbonyl (C=O) groups excluding carboxylic acids is 2. The van der Waals surface area contributed by atoms with Crippen LogP contribution in [0.5, 0.6) is 5.75 Å². The van der Waals surface area contributed by atoms with E-state index in [9.17, 15) is 9.59 Å². The number of esters is 1. The summed E-state index contributed by atoms with van der Waals surface area (Å²) in [4.78, 5) is 23.5. The van der Waals surface area contributed by atoms with E-state index < -0.39 is 12.1 Å². The Balaban J connectivity index is 2.89. The molecule has 0 spiro atoms. The smallest absolute Gasteiger partial charge is 0.343 e. The Kier molecular flexibility index (Phi) is 5.83. The molecular formula is C14H20N2O4. The molecule has 0 saturated heterocycles. The topological polar surface area (TPSA) is 90.6 Å². The van der Waals surface area contributed by atoms with Gasteiger partial charge in [0, 0.05) is 12.2 Å². The SMILES string of the molecule is CCCNC(=O)C(C)Oc1cccc(N)c1C(=O)OC. The predicted octanol–water partition coefficient (Wildman–Crippen LogP) is 1.35. The summed E-state index contributed by atoms with van der Waals surface area (Å²) in [6, 6.07) is 4.79. The van der Waals surface area contributed by atoms with E-state index in [2.05, 4.69) is 10.1 Å². The summed E-state index contributed by atoms with van der Waals surface area (Å²) < 4.78 is 10.2. The van der Waals surface area contributed by atoms with Crippen LogP contribution in [-0.2, 0) is 9.53 Å². The number of methoxy groups -OCH3 is 1. The molecule has 1 unspecified atom stereocenters. The third-order valence-electron chi connectivity index (χ3n) is 2.67. The van der Waals surface area contributed by atoms with Crippen LogP contribution in [0.1, 0.15) is 30.6 Å². The van der Waals surface area contributed by atoms with Crippen molar-refractivity contribution in [1.82, 2.24) is 5.32 Å². The lowest BCUT2D eigenvalue weighted by atomic mass is 10.1. The average molecular weight is 280 g/mol. The quantitative estimate of drug-likeness (QED) is 0.606. The lowest BCUT2D eigenvalue weighted by Gasteiger charge is -2.17. The number of nitrogen functional groups attached to an aromatic ring is 1. The second-order valence-electron chi connectivity index (χ2n) is 4.26. The van der Waals surface area contributed by atoms with E-state index in [0.717, 1.165) is 6.42 Å².